The lowest BCUT2D eigenvalue weighted by atomic mass is 10.1. The average Bonchev–Trinajstić information content (AvgIpc) is 2.72. The topological polar surface area (TPSA) is 60.2 Å². The third-order valence-corrected chi connectivity index (χ3v) is 2.53. The lowest BCUT2D eigenvalue weighted by Gasteiger charge is -2.12. The molecule has 0 radical (unpaired) electrons. The molecule has 0 aliphatic heterocycles. The first-order valence-corrected chi connectivity index (χ1v) is 5.41. The number of para-hydroxylation sites is 1. The lowest BCUT2D eigenvalue weighted by molar-refractivity contribution is 0.189. The normalized spacial score (nSPS) is 12.4. The molecule has 1 heterocycles. The van der Waals surface area contributed by atoms with Gasteiger partial charge in [-0.2, -0.15) is 0 Å². The minimum atomic E-state index is -0.550. The summed E-state index contributed by atoms with van der Waals surface area (Å²) in [4.78, 5) is 0. The van der Waals surface area contributed by atoms with Crippen molar-refractivity contribution in [1.82, 2.24) is 14.8 Å². The molecule has 0 aliphatic rings. The Morgan fingerprint density at radius 1 is 1.41 bits per heavy atom. The summed E-state index contributed by atoms with van der Waals surface area (Å²) < 4.78 is 7.44. The van der Waals surface area contributed by atoms with E-state index in [0.29, 0.717) is 12.4 Å². The van der Waals surface area contributed by atoms with E-state index in [1.807, 2.05) is 31.3 Å². The molecular formula is C12H15N3O2. The van der Waals surface area contributed by atoms with Crippen molar-refractivity contribution in [1.29, 1.82) is 0 Å². The van der Waals surface area contributed by atoms with Crippen LogP contribution in [0.1, 0.15) is 24.4 Å². The number of benzene rings is 1. The van der Waals surface area contributed by atoms with Crippen molar-refractivity contribution in [2.24, 2.45) is 7.05 Å². The molecule has 90 valence electrons. The molecule has 1 unspecified atom stereocenters. The minimum absolute atomic E-state index is 0.334. The van der Waals surface area contributed by atoms with Crippen LogP contribution in [0.25, 0.3) is 0 Å². The predicted molar refractivity (Wildman–Crippen MR) is 62.4 cm³/mol. The molecule has 0 amide bonds. The molecule has 2 aromatic rings. The van der Waals surface area contributed by atoms with Crippen LogP contribution in [0.15, 0.2) is 30.6 Å². The predicted octanol–water partition coefficient (Wildman–Crippen LogP) is 1.45. The van der Waals surface area contributed by atoms with Gasteiger partial charge < -0.3 is 14.4 Å². The van der Waals surface area contributed by atoms with Gasteiger partial charge in [0.1, 0.15) is 18.7 Å². The van der Waals surface area contributed by atoms with Gasteiger partial charge in [0.2, 0.25) is 0 Å². The van der Waals surface area contributed by atoms with E-state index in [2.05, 4.69) is 10.2 Å². The van der Waals surface area contributed by atoms with Crippen LogP contribution in [0.3, 0.4) is 0 Å². The number of hydrogen-bond acceptors (Lipinski definition) is 4. The average molecular weight is 233 g/mol. The molecule has 0 saturated carbocycles. The van der Waals surface area contributed by atoms with Crippen molar-refractivity contribution in [2.75, 3.05) is 0 Å². The molecule has 0 aliphatic carbocycles. The summed E-state index contributed by atoms with van der Waals surface area (Å²) in [6, 6.07) is 7.42. The Balaban J connectivity index is 2.11. The number of ether oxygens (including phenoxy) is 1. The van der Waals surface area contributed by atoms with E-state index in [1.165, 1.54) is 0 Å². The number of aromatic nitrogens is 3. The molecule has 0 saturated heterocycles. The lowest BCUT2D eigenvalue weighted by Crippen LogP contribution is -2.05. The fourth-order valence-corrected chi connectivity index (χ4v) is 1.54. The first-order valence-electron chi connectivity index (χ1n) is 5.41. The zero-order valence-electron chi connectivity index (χ0n) is 9.87. The summed E-state index contributed by atoms with van der Waals surface area (Å²) in [5.41, 5.74) is 0.773. The van der Waals surface area contributed by atoms with Gasteiger partial charge in [-0.05, 0) is 13.0 Å². The summed E-state index contributed by atoms with van der Waals surface area (Å²) in [5.74, 6) is 1.41. The highest BCUT2D eigenvalue weighted by molar-refractivity contribution is 5.34. The zero-order chi connectivity index (χ0) is 12.3. The summed E-state index contributed by atoms with van der Waals surface area (Å²) in [6.07, 6.45) is 1.07. The molecule has 2 rings (SSSR count). The van der Waals surface area contributed by atoms with E-state index < -0.39 is 6.10 Å². The van der Waals surface area contributed by atoms with Crippen LogP contribution in [-0.2, 0) is 13.7 Å². The van der Waals surface area contributed by atoms with Gasteiger partial charge in [0.05, 0.1) is 6.10 Å². The van der Waals surface area contributed by atoms with E-state index in [9.17, 15) is 5.11 Å². The van der Waals surface area contributed by atoms with Crippen molar-refractivity contribution in [3.63, 3.8) is 0 Å². The Morgan fingerprint density at radius 3 is 2.82 bits per heavy atom. The van der Waals surface area contributed by atoms with Crippen molar-refractivity contribution >= 4 is 0 Å². The van der Waals surface area contributed by atoms with Gasteiger partial charge in [-0.1, -0.05) is 18.2 Å². The highest BCUT2D eigenvalue weighted by atomic mass is 16.5. The molecule has 5 heteroatoms. The van der Waals surface area contributed by atoms with Crippen molar-refractivity contribution in [2.45, 2.75) is 19.6 Å². The van der Waals surface area contributed by atoms with Crippen LogP contribution >= 0.6 is 0 Å². The van der Waals surface area contributed by atoms with Gasteiger partial charge in [-0.25, -0.2) is 0 Å². The van der Waals surface area contributed by atoms with E-state index >= 15 is 0 Å². The Bertz CT molecular complexity index is 494. The maximum absolute atomic E-state index is 9.60. The van der Waals surface area contributed by atoms with Gasteiger partial charge in [-0.3, -0.25) is 0 Å². The molecule has 1 aromatic carbocycles. The molecule has 5 nitrogen and oxygen atoms in total. The summed E-state index contributed by atoms with van der Waals surface area (Å²) in [6.45, 7) is 2.05. The van der Waals surface area contributed by atoms with Gasteiger partial charge in [0.25, 0.3) is 0 Å². The molecular weight excluding hydrogens is 218 g/mol. The van der Waals surface area contributed by atoms with Crippen LogP contribution in [0.2, 0.25) is 0 Å². The molecule has 1 aromatic heterocycles. The molecule has 1 atom stereocenters. The number of hydrogen-bond donors (Lipinski definition) is 1. The number of rotatable bonds is 4. The number of aliphatic hydroxyl groups is 1. The molecule has 0 spiro atoms. The first kappa shape index (κ1) is 11.6. The van der Waals surface area contributed by atoms with Crippen LogP contribution in [0, 0.1) is 0 Å². The first-order chi connectivity index (χ1) is 8.18. The number of aliphatic hydroxyl groups excluding tert-OH is 1. The van der Waals surface area contributed by atoms with Crippen molar-refractivity contribution < 1.29 is 9.84 Å². The molecule has 17 heavy (non-hydrogen) atoms. The second-order valence-electron chi connectivity index (χ2n) is 3.86. The van der Waals surface area contributed by atoms with Crippen LogP contribution in [-0.4, -0.2) is 19.9 Å². The molecule has 1 N–H and O–H groups in total. The van der Waals surface area contributed by atoms with Gasteiger partial charge in [-0.15, -0.1) is 10.2 Å². The van der Waals surface area contributed by atoms with Gasteiger partial charge >= 0.3 is 0 Å². The summed E-state index contributed by atoms with van der Waals surface area (Å²) in [7, 11) is 1.86. The Morgan fingerprint density at radius 2 is 2.18 bits per heavy atom. The minimum Gasteiger partial charge on any atom is -0.485 e. The van der Waals surface area contributed by atoms with E-state index in [-0.39, 0.29) is 0 Å². The Labute approximate surface area is 99.7 Å². The highest BCUT2D eigenvalue weighted by Gasteiger charge is 2.09. The Hall–Kier alpha value is -1.88. The highest BCUT2D eigenvalue weighted by Crippen LogP contribution is 2.24. The SMILES string of the molecule is CC(O)c1ccccc1OCc1nncn1C. The van der Waals surface area contributed by atoms with Crippen LogP contribution in [0.4, 0.5) is 0 Å². The van der Waals surface area contributed by atoms with E-state index in [0.717, 1.165) is 11.4 Å². The van der Waals surface area contributed by atoms with E-state index in [4.69, 9.17) is 4.74 Å². The van der Waals surface area contributed by atoms with Gasteiger partial charge in [0.15, 0.2) is 5.82 Å². The van der Waals surface area contributed by atoms with Crippen molar-refractivity contribution in [3.8, 4) is 5.75 Å². The molecule has 0 bridgehead atoms. The second kappa shape index (κ2) is 4.97. The van der Waals surface area contributed by atoms with E-state index in [1.54, 1.807) is 17.8 Å². The van der Waals surface area contributed by atoms with Gasteiger partial charge in [0, 0.05) is 12.6 Å². The third kappa shape index (κ3) is 2.62. The Kier molecular flexibility index (Phi) is 3.39. The fraction of sp³-hybridized carbons (Fsp3) is 0.333. The smallest absolute Gasteiger partial charge is 0.170 e. The largest absolute Gasteiger partial charge is 0.485 e. The molecule has 0 fully saturated rings. The zero-order valence-corrected chi connectivity index (χ0v) is 9.87. The monoisotopic (exact) mass is 233 g/mol. The maximum Gasteiger partial charge on any atom is 0.170 e. The van der Waals surface area contributed by atoms with Crippen LogP contribution < -0.4 is 4.74 Å². The number of aryl methyl sites for hydroxylation is 1. The quantitative estimate of drug-likeness (QED) is 0.868. The number of nitrogens with zero attached hydrogens (tertiary/aromatic N) is 3. The second-order valence-corrected chi connectivity index (χ2v) is 3.86. The summed E-state index contributed by atoms with van der Waals surface area (Å²) in [5, 5.41) is 17.3. The fourth-order valence-electron chi connectivity index (χ4n) is 1.54. The van der Waals surface area contributed by atoms with Crippen LogP contribution in [0.5, 0.6) is 5.75 Å². The maximum atomic E-state index is 9.60. The standard InChI is InChI=1S/C12H15N3O2/c1-9(16)10-5-3-4-6-11(10)17-7-12-14-13-8-15(12)2/h3-6,8-9,16H,7H2,1-2H3. The third-order valence-electron chi connectivity index (χ3n) is 2.53. The summed E-state index contributed by atoms with van der Waals surface area (Å²) >= 11 is 0. The van der Waals surface area contributed by atoms with Crippen molar-refractivity contribution in [3.05, 3.63) is 42.0 Å².